The second-order valence-electron chi connectivity index (χ2n) is 11.1. The van der Waals surface area contributed by atoms with Crippen molar-refractivity contribution in [3.8, 4) is 0 Å². The predicted molar refractivity (Wildman–Crippen MR) is 169 cm³/mol. The van der Waals surface area contributed by atoms with Gasteiger partial charge in [-0.15, -0.1) is 0 Å². The molecule has 0 radical (unpaired) electrons. The highest BCUT2D eigenvalue weighted by atomic mass is 32.2. The average Bonchev–Trinajstić information content (AvgIpc) is 2.96. The molecule has 3 rings (SSSR count). The summed E-state index contributed by atoms with van der Waals surface area (Å²) < 4.78 is 29.5. The van der Waals surface area contributed by atoms with Gasteiger partial charge in [-0.1, -0.05) is 79.2 Å². The van der Waals surface area contributed by atoms with Gasteiger partial charge in [0.05, 0.1) is 5.69 Å². The van der Waals surface area contributed by atoms with Crippen LogP contribution in [0.25, 0.3) is 0 Å². The third-order valence-electron chi connectivity index (χ3n) is 7.40. The molecule has 0 fully saturated rings. The number of benzene rings is 3. The van der Waals surface area contributed by atoms with Crippen LogP contribution in [0.5, 0.6) is 0 Å². The predicted octanol–water partition coefficient (Wildman–Crippen LogP) is 4.78. The van der Waals surface area contributed by atoms with Gasteiger partial charge in [-0.05, 0) is 62.4 Å². The van der Waals surface area contributed by atoms with E-state index in [1.54, 1.807) is 6.07 Å². The smallest absolute Gasteiger partial charge is 0.304 e. The van der Waals surface area contributed by atoms with E-state index < -0.39 is 28.7 Å². The number of aryl methyl sites for hydroxylation is 3. The van der Waals surface area contributed by atoms with Crippen molar-refractivity contribution in [2.24, 2.45) is 0 Å². The second kappa shape index (κ2) is 14.5. The Morgan fingerprint density at radius 3 is 2.07 bits per heavy atom. The van der Waals surface area contributed by atoms with Gasteiger partial charge in [0.25, 0.3) is 0 Å². The molecule has 0 unspecified atom stereocenters. The number of rotatable bonds is 13. The van der Waals surface area contributed by atoms with Crippen molar-refractivity contribution in [2.45, 2.75) is 66.1 Å². The highest BCUT2D eigenvalue weighted by Crippen LogP contribution is 2.26. The number of carbonyl (C=O) groups excluding carboxylic acids is 2. The van der Waals surface area contributed by atoms with Gasteiger partial charge in [0.15, 0.2) is 0 Å². The Labute approximate surface area is 251 Å². The molecule has 1 N–H and O–H groups in total. The Kier molecular flexibility index (Phi) is 11.3. The number of carbonyl (C=O) groups is 2. The van der Waals surface area contributed by atoms with E-state index >= 15 is 0 Å². The number of hydrogen-bond acceptors (Lipinski definition) is 4. The van der Waals surface area contributed by atoms with Gasteiger partial charge >= 0.3 is 10.2 Å². The summed E-state index contributed by atoms with van der Waals surface area (Å²) in [5.74, 6) is -0.746. The summed E-state index contributed by atoms with van der Waals surface area (Å²) in [5, 5.41) is 3.06. The maximum absolute atomic E-state index is 14.4. The Hall–Kier alpha value is -3.69. The van der Waals surface area contributed by atoms with Crippen LogP contribution in [0.4, 0.5) is 5.69 Å². The number of nitrogens with zero attached hydrogens (tertiary/aromatic N) is 3. The number of hydrogen-bond donors (Lipinski definition) is 1. The van der Waals surface area contributed by atoms with Crippen molar-refractivity contribution in [1.29, 1.82) is 0 Å². The molecule has 2 amide bonds. The first-order valence-electron chi connectivity index (χ1n) is 14.3. The van der Waals surface area contributed by atoms with E-state index in [0.717, 1.165) is 42.8 Å². The third kappa shape index (κ3) is 8.42. The van der Waals surface area contributed by atoms with E-state index in [2.05, 4.69) is 5.32 Å². The summed E-state index contributed by atoms with van der Waals surface area (Å²) in [4.78, 5) is 29.7. The van der Waals surface area contributed by atoms with Gasteiger partial charge in [-0.2, -0.15) is 12.7 Å². The fourth-order valence-corrected chi connectivity index (χ4v) is 5.69. The van der Waals surface area contributed by atoms with Gasteiger partial charge in [0.2, 0.25) is 11.8 Å². The highest BCUT2D eigenvalue weighted by Gasteiger charge is 2.35. The maximum atomic E-state index is 14.4. The molecule has 3 aromatic carbocycles. The van der Waals surface area contributed by atoms with Gasteiger partial charge < -0.3 is 10.2 Å². The fraction of sp³-hybridized carbons (Fsp3) is 0.394. The zero-order valence-electron chi connectivity index (χ0n) is 25.8. The normalized spacial score (nSPS) is 13.0. The van der Waals surface area contributed by atoms with Crippen molar-refractivity contribution >= 4 is 27.7 Å². The zero-order valence-corrected chi connectivity index (χ0v) is 26.6. The van der Waals surface area contributed by atoms with E-state index in [9.17, 15) is 18.0 Å². The minimum atomic E-state index is -4.05. The number of anilines is 1. The van der Waals surface area contributed by atoms with Crippen molar-refractivity contribution < 1.29 is 18.0 Å². The van der Waals surface area contributed by atoms with Crippen LogP contribution in [-0.4, -0.2) is 62.2 Å². The minimum absolute atomic E-state index is 0.0901. The van der Waals surface area contributed by atoms with Crippen molar-refractivity contribution in [2.75, 3.05) is 24.9 Å². The molecule has 0 saturated heterocycles. The monoisotopic (exact) mass is 592 g/mol. The molecule has 8 nitrogen and oxygen atoms in total. The lowest BCUT2D eigenvalue weighted by Crippen LogP contribution is -2.55. The first kappa shape index (κ1) is 32.8. The van der Waals surface area contributed by atoms with Crippen LogP contribution in [0, 0.1) is 20.8 Å². The summed E-state index contributed by atoms with van der Waals surface area (Å²) in [5.41, 5.74) is 4.83. The summed E-state index contributed by atoms with van der Waals surface area (Å²) in [6, 6.07) is 21.9. The SMILES string of the molecule is CC[C@H](C)NC(=O)[C@@H](Cc1ccccc1)N(Cc1ccc(C)cc1)C(=O)CN(c1cc(C)ccc1C)S(=O)(=O)N(C)C. The maximum Gasteiger partial charge on any atom is 0.304 e. The minimum Gasteiger partial charge on any atom is -0.352 e. The lowest BCUT2D eigenvalue weighted by molar-refractivity contribution is -0.140. The van der Waals surface area contributed by atoms with Crippen LogP contribution >= 0.6 is 0 Å². The lowest BCUT2D eigenvalue weighted by Gasteiger charge is -2.35. The molecule has 0 bridgehead atoms. The number of nitrogens with one attached hydrogen (secondary N) is 1. The molecule has 0 aliphatic heterocycles. The van der Waals surface area contributed by atoms with Crippen LogP contribution in [-0.2, 0) is 32.8 Å². The van der Waals surface area contributed by atoms with Crippen LogP contribution in [0.2, 0.25) is 0 Å². The molecular weight excluding hydrogens is 548 g/mol. The quantitative estimate of drug-likeness (QED) is 0.309. The Morgan fingerprint density at radius 1 is 0.857 bits per heavy atom. The molecule has 0 saturated carbocycles. The molecule has 3 aromatic rings. The topological polar surface area (TPSA) is 90.0 Å². The molecule has 2 atom stereocenters. The zero-order chi connectivity index (χ0) is 31.0. The van der Waals surface area contributed by atoms with E-state index in [-0.39, 0.29) is 24.9 Å². The van der Waals surface area contributed by atoms with Crippen LogP contribution < -0.4 is 9.62 Å². The van der Waals surface area contributed by atoms with Crippen molar-refractivity contribution in [3.63, 3.8) is 0 Å². The molecule has 0 spiro atoms. The first-order valence-corrected chi connectivity index (χ1v) is 15.7. The fourth-order valence-electron chi connectivity index (χ4n) is 4.58. The Balaban J connectivity index is 2.13. The summed E-state index contributed by atoms with van der Waals surface area (Å²) >= 11 is 0. The van der Waals surface area contributed by atoms with E-state index in [0.29, 0.717) is 5.69 Å². The lowest BCUT2D eigenvalue weighted by atomic mass is 10.0. The third-order valence-corrected chi connectivity index (χ3v) is 9.20. The van der Waals surface area contributed by atoms with E-state index in [1.807, 2.05) is 101 Å². The molecule has 0 heterocycles. The Morgan fingerprint density at radius 2 is 1.48 bits per heavy atom. The van der Waals surface area contributed by atoms with Gasteiger partial charge in [0.1, 0.15) is 12.6 Å². The standard InChI is InChI=1S/C33H44N4O4S/c1-8-27(5)34-33(39)31(21-28-12-10-9-11-13-28)36(22-29-18-15-24(2)16-19-29)32(38)23-37(42(40,41)35(6)7)30-20-25(3)14-17-26(30)4/h9-20,27,31H,8,21-23H2,1-7H3,(H,34,39)/t27-,31+/m0/s1. The summed E-state index contributed by atoms with van der Waals surface area (Å²) in [6.07, 6.45) is 1.02. The largest absolute Gasteiger partial charge is 0.352 e. The molecule has 0 aromatic heterocycles. The summed E-state index contributed by atoms with van der Waals surface area (Å²) in [6.45, 7) is 9.28. The molecule has 42 heavy (non-hydrogen) atoms. The molecule has 0 aliphatic rings. The van der Waals surface area contributed by atoms with Gasteiger partial charge in [0, 0.05) is 33.1 Å². The molecular formula is C33H44N4O4S. The average molecular weight is 593 g/mol. The van der Waals surface area contributed by atoms with Gasteiger partial charge in [-0.25, -0.2) is 4.31 Å². The summed E-state index contributed by atoms with van der Waals surface area (Å²) in [7, 11) is -1.16. The van der Waals surface area contributed by atoms with Crippen LogP contribution in [0.1, 0.15) is 48.1 Å². The van der Waals surface area contributed by atoms with Crippen molar-refractivity contribution in [1.82, 2.24) is 14.5 Å². The first-order chi connectivity index (χ1) is 19.8. The Bertz CT molecular complexity index is 1460. The van der Waals surface area contributed by atoms with Crippen LogP contribution in [0.15, 0.2) is 72.8 Å². The van der Waals surface area contributed by atoms with E-state index in [4.69, 9.17) is 0 Å². The van der Waals surface area contributed by atoms with Crippen molar-refractivity contribution in [3.05, 3.63) is 101 Å². The second-order valence-corrected chi connectivity index (χ2v) is 13.2. The molecule has 0 aliphatic carbocycles. The molecule has 226 valence electrons. The molecule has 9 heteroatoms. The highest BCUT2D eigenvalue weighted by molar-refractivity contribution is 7.90. The van der Waals surface area contributed by atoms with E-state index in [1.165, 1.54) is 19.0 Å². The van der Waals surface area contributed by atoms with Gasteiger partial charge in [-0.3, -0.25) is 9.59 Å². The number of amides is 2. The van der Waals surface area contributed by atoms with Crippen LogP contribution in [0.3, 0.4) is 0 Å².